The molecule has 1 aromatic carbocycles. The molecule has 0 fully saturated rings. The van der Waals surface area contributed by atoms with Crippen LogP contribution in [0.4, 0.5) is 0 Å². The highest BCUT2D eigenvalue weighted by atomic mass is 32.2. The summed E-state index contributed by atoms with van der Waals surface area (Å²) in [7, 11) is -2.25. The van der Waals surface area contributed by atoms with Crippen molar-refractivity contribution in [2.45, 2.75) is 16.5 Å². The summed E-state index contributed by atoms with van der Waals surface area (Å²) in [6.45, 7) is 0.266. The van der Waals surface area contributed by atoms with E-state index in [9.17, 15) is 13.2 Å². The van der Waals surface area contributed by atoms with Gasteiger partial charge in [0, 0.05) is 25.1 Å². The van der Waals surface area contributed by atoms with E-state index in [1.165, 1.54) is 31.5 Å². The molecule has 3 heterocycles. The van der Waals surface area contributed by atoms with Gasteiger partial charge in [-0.3, -0.25) is 4.79 Å². The third-order valence-corrected chi connectivity index (χ3v) is 6.24. The van der Waals surface area contributed by atoms with Gasteiger partial charge in [0.15, 0.2) is 5.03 Å². The Morgan fingerprint density at radius 2 is 1.87 bits per heavy atom. The lowest BCUT2D eigenvalue weighted by molar-refractivity contribution is 0.0950. The molecule has 0 saturated heterocycles. The lowest BCUT2D eigenvalue weighted by Crippen LogP contribution is -2.23. The zero-order chi connectivity index (χ0) is 21.1. The number of methoxy groups -OCH3 is 1. The molecular weight excluding hydrogens is 404 g/mol. The fraction of sp³-hybridized carbons (Fsp3) is 0.0952. The molecule has 0 aliphatic carbocycles. The molecule has 0 unspecified atom stereocenters. The average molecular weight is 422 g/mol. The van der Waals surface area contributed by atoms with Crippen molar-refractivity contribution in [1.82, 2.24) is 19.7 Å². The van der Waals surface area contributed by atoms with Gasteiger partial charge in [-0.15, -0.1) is 0 Å². The summed E-state index contributed by atoms with van der Waals surface area (Å²) < 4.78 is 32.2. The lowest BCUT2D eigenvalue weighted by Gasteiger charge is -2.08. The van der Waals surface area contributed by atoms with Crippen molar-refractivity contribution in [1.29, 1.82) is 0 Å². The van der Waals surface area contributed by atoms with Crippen LogP contribution in [0.3, 0.4) is 0 Å². The van der Waals surface area contributed by atoms with Crippen molar-refractivity contribution in [3.05, 3.63) is 84.4 Å². The van der Waals surface area contributed by atoms with Gasteiger partial charge in [0.25, 0.3) is 5.91 Å². The Kier molecular flexibility index (Phi) is 5.20. The van der Waals surface area contributed by atoms with Gasteiger partial charge >= 0.3 is 0 Å². The van der Waals surface area contributed by atoms with E-state index in [-0.39, 0.29) is 22.4 Å². The molecule has 30 heavy (non-hydrogen) atoms. The first-order chi connectivity index (χ1) is 14.5. The van der Waals surface area contributed by atoms with Crippen LogP contribution in [-0.4, -0.2) is 35.8 Å². The van der Waals surface area contributed by atoms with Gasteiger partial charge in [-0.05, 0) is 42.0 Å². The number of nitrogens with zero attached hydrogens (tertiary/aromatic N) is 3. The van der Waals surface area contributed by atoms with Crippen molar-refractivity contribution >= 4 is 21.4 Å². The van der Waals surface area contributed by atoms with Crippen molar-refractivity contribution in [3.63, 3.8) is 0 Å². The number of benzene rings is 1. The number of pyridine rings is 2. The minimum absolute atomic E-state index is 0.0563. The van der Waals surface area contributed by atoms with E-state index in [1.54, 1.807) is 53.3 Å². The molecular formula is C21H18N4O4S. The zero-order valence-electron chi connectivity index (χ0n) is 16.0. The van der Waals surface area contributed by atoms with Crippen LogP contribution in [-0.2, 0) is 16.4 Å². The first kappa shape index (κ1) is 19.6. The van der Waals surface area contributed by atoms with Crippen molar-refractivity contribution in [3.8, 4) is 5.75 Å². The largest absolute Gasteiger partial charge is 0.495 e. The van der Waals surface area contributed by atoms with Crippen LogP contribution in [0.25, 0.3) is 5.65 Å². The molecule has 4 aromatic rings. The Labute approximate surface area is 173 Å². The number of sulfone groups is 1. The van der Waals surface area contributed by atoms with Crippen LogP contribution in [0.1, 0.15) is 15.9 Å². The summed E-state index contributed by atoms with van der Waals surface area (Å²) in [6.07, 6.45) is 6.49. The lowest BCUT2D eigenvalue weighted by atomic mass is 10.2. The highest BCUT2D eigenvalue weighted by Crippen LogP contribution is 2.21. The Morgan fingerprint density at radius 1 is 1.07 bits per heavy atom. The molecule has 0 atom stereocenters. The summed E-state index contributed by atoms with van der Waals surface area (Å²) in [5, 5.41) is 2.77. The Balaban J connectivity index is 1.44. The molecule has 0 aliphatic rings. The molecule has 0 bridgehead atoms. The number of amides is 1. The van der Waals surface area contributed by atoms with E-state index in [2.05, 4.69) is 15.3 Å². The van der Waals surface area contributed by atoms with E-state index in [0.29, 0.717) is 11.3 Å². The number of hydrogen-bond donors (Lipinski definition) is 1. The highest BCUT2D eigenvalue weighted by molar-refractivity contribution is 7.91. The van der Waals surface area contributed by atoms with E-state index in [0.717, 1.165) is 11.2 Å². The normalized spacial score (nSPS) is 11.4. The molecule has 1 N–H and O–H groups in total. The predicted molar refractivity (Wildman–Crippen MR) is 109 cm³/mol. The number of ether oxygens (including phenoxy) is 1. The van der Waals surface area contributed by atoms with Crippen molar-refractivity contribution < 1.29 is 17.9 Å². The van der Waals surface area contributed by atoms with Gasteiger partial charge in [0.2, 0.25) is 9.84 Å². The summed E-state index contributed by atoms with van der Waals surface area (Å²) in [4.78, 5) is 20.6. The number of aromatic nitrogens is 3. The third-order valence-electron chi connectivity index (χ3n) is 4.56. The zero-order valence-corrected chi connectivity index (χ0v) is 16.8. The van der Waals surface area contributed by atoms with Crippen LogP contribution in [0, 0.1) is 0 Å². The van der Waals surface area contributed by atoms with Gasteiger partial charge in [-0.25, -0.2) is 18.4 Å². The Bertz CT molecular complexity index is 1300. The number of carbonyl (C=O) groups excluding carboxylic acids is 1. The second kappa shape index (κ2) is 7.96. The summed E-state index contributed by atoms with van der Waals surface area (Å²) >= 11 is 0. The maximum Gasteiger partial charge on any atom is 0.253 e. The second-order valence-corrected chi connectivity index (χ2v) is 8.37. The SMILES string of the molecule is COc1ccc(S(=O)(=O)c2ccc(CNC(=O)c3ccc4nccn4c3)cc2)nc1. The number of fused-ring (bicyclic) bond motifs is 1. The van der Waals surface area contributed by atoms with E-state index < -0.39 is 9.84 Å². The quantitative estimate of drug-likeness (QED) is 0.512. The van der Waals surface area contributed by atoms with Crippen LogP contribution in [0.15, 0.2) is 83.2 Å². The minimum Gasteiger partial charge on any atom is -0.495 e. The molecule has 0 spiro atoms. The number of imidazole rings is 1. The van der Waals surface area contributed by atoms with E-state index in [1.807, 2.05) is 0 Å². The average Bonchev–Trinajstić information content (AvgIpc) is 3.25. The molecule has 0 saturated carbocycles. The summed E-state index contributed by atoms with van der Waals surface area (Å²) in [6, 6.07) is 12.7. The van der Waals surface area contributed by atoms with Crippen molar-refractivity contribution in [2.75, 3.05) is 7.11 Å². The van der Waals surface area contributed by atoms with Gasteiger partial charge < -0.3 is 14.5 Å². The van der Waals surface area contributed by atoms with Gasteiger partial charge in [-0.2, -0.15) is 0 Å². The van der Waals surface area contributed by atoms with Crippen LogP contribution >= 0.6 is 0 Å². The second-order valence-electron chi connectivity index (χ2n) is 6.48. The van der Waals surface area contributed by atoms with Gasteiger partial charge in [0.1, 0.15) is 11.4 Å². The fourth-order valence-electron chi connectivity index (χ4n) is 2.89. The van der Waals surface area contributed by atoms with Crippen LogP contribution < -0.4 is 10.1 Å². The molecule has 1 amide bonds. The van der Waals surface area contributed by atoms with E-state index >= 15 is 0 Å². The smallest absolute Gasteiger partial charge is 0.253 e. The van der Waals surface area contributed by atoms with Gasteiger partial charge in [-0.1, -0.05) is 12.1 Å². The standard InChI is InChI=1S/C21H18N4O4S/c1-29-17-5-9-20(23-13-17)30(27,28)18-6-2-15(3-7-18)12-24-21(26)16-4-8-19-22-10-11-25(19)14-16/h2-11,13-14H,12H2,1H3,(H,24,26). The highest BCUT2D eigenvalue weighted by Gasteiger charge is 2.19. The first-order valence-corrected chi connectivity index (χ1v) is 10.5. The molecule has 8 nitrogen and oxygen atoms in total. The number of rotatable bonds is 6. The van der Waals surface area contributed by atoms with Crippen molar-refractivity contribution in [2.24, 2.45) is 0 Å². The summed E-state index contributed by atoms with van der Waals surface area (Å²) in [5.41, 5.74) is 2.04. The first-order valence-electron chi connectivity index (χ1n) is 9.02. The van der Waals surface area contributed by atoms with Gasteiger partial charge in [0.05, 0.1) is 23.8 Å². The van der Waals surface area contributed by atoms with Crippen LogP contribution in [0.2, 0.25) is 0 Å². The predicted octanol–water partition coefficient (Wildman–Crippen LogP) is 2.50. The topological polar surface area (TPSA) is 103 Å². The molecule has 9 heteroatoms. The third kappa shape index (κ3) is 3.87. The molecule has 4 rings (SSSR count). The maximum atomic E-state index is 12.7. The number of hydrogen-bond acceptors (Lipinski definition) is 6. The summed E-state index contributed by atoms with van der Waals surface area (Å²) in [5.74, 6) is 0.247. The van der Waals surface area contributed by atoms with Crippen LogP contribution in [0.5, 0.6) is 5.75 Å². The minimum atomic E-state index is -3.73. The molecule has 152 valence electrons. The number of nitrogens with one attached hydrogen (secondary N) is 1. The molecule has 0 radical (unpaired) electrons. The molecule has 3 aromatic heterocycles. The Morgan fingerprint density at radius 3 is 2.57 bits per heavy atom. The Hall–Kier alpha value is -3.72. The fourth-order valence-corrected chi connectivity index (χ4v) is 4.07. The maximum absolute atomic E-state index is 12.7. The monoisotopic (exact) mass is 422 g/mol. The van der Waals surface area contributed by atoms with E-state index in [4.69, 9.17) is 4.74 Å². The molecule has 0 aliphatic heterocycles. The number of carbonyl (C=O) groups is 1.